The number of rotatable bonds is 6. The molecule has 4 heteroatoms. The van der Waals surface area contributed by atoms with Gasteiger partial charge >= 0.3 is 0 Å². The van der Waals surface area contributed by atoms with Crippen LogP contribution in [0.5, 0.6) is 0 Å². The second-order valence-corrected chi connectivity index (χ2v) is 8.68. The summed E-state index contributed by atoms with van der Waals surface area (Å²) < 4.78 is 1.20. The predicted molar refractivity (Wildman–Crippen MR) is 110 cm³/mol. The Kier molecular flexibility index (Phi) is 5.71. The van der Waals surface area contributed by atoms with Crippen LogP contribution >= 0.6 is 11.3 Å². The summed E-state index contributed by atoms with van der Waals surface area (Å²) in [6.07, 6.45) is 10.6. The van der Waals surface area contributed by atoms with E-state index < -0.39 is 0 Å². The van der Waals surface area contributed by atoms with Gasteiger partial charge in [0.05, 0.1) is 4.88 Å². The van der Waals surface area contributed by atoms with Crippen molar-refractivity contribution < 1.29 is 4.79 Å². The van der Waals surface area contributed by atoms with Crippen LogP contribution in [0.15, 0.2) is 42.5 Å². The highest BCUT2D eigenvalue weighted by Gasteiger charge is 2.23. The lowest BCUT2D eigenvalue weighted by molar-refractivity contribution is 0.0712. The van der Waals surface area contributed by atoms with E-state index >= 15 is 0 Å². The van der Waals surface area contributed by atoms with E-state index in [0.29, 0.717) is 5.92 Å². The first-order chi connectivity index (χ1) is 12.8. The van der Waals surface area contributed by atoms with Gasteiger partial charge in [0.1, 0.15) is 0 Å². The van der Waals surface area contributed by atoms with Crippen molar-refractivity contribution >= 4 is 27.3 Å². The Morgan fingerprint density at radius 3 is 2.81 bits per heavy atom. The maximum atomic E-state index is 13.3. The van der Waals surface area contributed by atoms with Gasteiger partial charge < -0.3 is 9.80 Å². The highest BCUT2D eigenvalue weighted by atomic mass is 32.1. The molecular formula is C22H28N2OS. The fourth-order valence-electron chi connectivity index (χ4n) is 4.12. The third-order valence-corrected chi connectivity index (χ3v) is 6.77. The van der Waals surface area contributed by atoms with Crippen LogP contribution < -0.4 is 0 Å². The summed E-state index contributed by atoms with van der Waals surface area (Å²) >= 11 is 1.64. The van der Waals surface area contributed by atoms with Gasteiger partial charge in [0.2, 0.25) is 0 Å². The quantitative estimate of drug-likeness (QED) is 0.684. The Balaban J connectivity index is 1.49. The largest absolute Gasteiger partial charge is 0.336 e. The van der Waals surface area contributed by atoms with E-state index in [9.17, 15) is 4.79 Å². The van der Waals surface area contributed by atoms with Gasteiger partial charge in [-0.15, -0.1) is 11.3 Å². The van der Waals surface area contributed by atoms with Gasteiger partial charge in [-0.25, -0.2) is 0 Å². The van der Waals surface area contributed by atoms with Gasteiger partial charge in [-0.2, -0.15) is 0 Å². The molecule has 3 nitrogen and oxygen atoms in total. The Hall–Kier alpha value is -1.65. The zero-order chi connectivity index (χ0) is 17.8. The second kappa shape index (κ2) is 8.36. The van der Waals surface area contributed by atoms with Crippen LogP contribution in [0.4, 0.5) is 0 Å². The van der Waals surface area contributed by atoms with E-state index in [1.165, 1.54) is 42.4 Å². The minimum absolute atomic E-state index is 0.222. The van der Waals surface area contributed by atoms with Crippen molar-refractivity contribution in [3.8, 4) is 0 Å². The molecule has 138 valence electrons. The van der Waals surface area contributed by atoms with Crippen molar-refractivity contribution in [2.75, 3.05) is 32.7 Å². The number of fused-ring (bicyclic) bond motifs is 1. The van der Waals surface area contributed by atoms with Crippen LogP contribution in [-0.4, -0.2) is 48.4 Å². The maximum absolute atomic E-state index is 13.3. The van der Waals surface area contributed by atoms with Gasteiger partial charge in [-0.3, -0.25) is 4.79 Å². The van der Waals surface area contributed by atoms with Crippen LogP contribution in [0.25, 0.3) is 10.1 Å². The molecule has 4 rings (SSSR count). The molecule has 1 aromatic carbocycles. The van der Waals surface area contributed by atoms with Gasteiger partial charge in [0.25, 0.3) is 5.91 Å². The molecule has 0 radical (unpaired) electrons. The third-order valence-electron chi connectivity index (χ3n) is 5.66. The number of thiophene rings is 1. The molecule has 2 aliphatic rings. The number of likely N-dealkylation sites (tertiary alicyclic amines) is 1. The zero-order valence-electron chi connectivity index (χ0n) is 15.4. The highest BCUT2D eigenvalue weighted by molar-refractivity contribution is 7.20. The number of carbonyl (C=O) groups is 1. The van der Waals surface area contributed by atoms with Crippen LogP contribution in [-0.2, 0) is 0 Å². The number of benzene rings is 1. The molecule has 1 aliphatic heterocycles. The minimum atomic E-state index is 0.222. The molecule has 1 aliphatic carbocycles. The van der Waals surface area contributed by atoms with Crippen molar-refractivity contribution in [1.29, 1.82) is 0 Å². The normalized spacial score (nSPS) is 20.7. The standard InChI is InChI=1S/C22H28N2OS/c25-22(21-16-19-10-4-5-11-20(19)26-21)24(15-14-23-12-6-7-13-23)17-18-8-2-1-3-9-18/h1-2,4-5,10-11,16,18H,3,6-9,12-15,17H2/t18-/m0/s1. The molecule has 1 aromatic heterocycles. The molecule has 2 aromatic rings. The Morgan fingerprint density at radius 1 is 1.19 bits per heavy atom. The fourth-order valence-corrected chi connectivity index (χ4v) is 5.15. The first-order valence-corrected chi connectivity index (χ1v) is 10.8. The van der Waals surface area contributed by atoms with E-state index in [4.69, 9.17) is 0 Å². The predicted octanol–water partition coefficient (Wildman–Crippen LogP) is 4.80. The number of nitrogens with zero attached hydrogens (tertiary/aromatic N) is 2. The average Bonchev–Trinajstić information content (AvgIpc) is 3.34. The summed E-state index contributed by atoms with van der Waals surface area (Å²) in [7, 11) is 0. The van der Waals surface area contributed by atoms with Crippen molar-refractivity contribution in [2.24, 2.45) is 5.92 Å². The smallest absolute Gasteiger partial charge is 0.264 e. The third kappa shape index (κ3) is 4.18. The van der Waals surface area contributed by atoms with Crippen molar-refractivity contribution in [3.63, 3.8) is 0 Å². The maximum Gasteiger partial charge on any atom is 0.264 e. The van der Waals surface area contributed by atoms with Crippen LogP contribution in [0.2, 0.25) is 0 Å². The Bertz CT molecular complexity index is 742. The molecule has 1 saturated heterocycles. The van der Waals surface area contributed by atoms with Gasteiger partial charge in [0.15, 0.2) is 0 Å². The number of amides is 1. The highest BCUT2D eigenvalue weighted by Crippen LogP contribution is 2.27. The summed E-state index contributed by atoms with van der Waals surface area (Å²) in [5, 5.41) is 1.18. The molecule has 1 amide bonds. The summed E-state index contributed by atoms with van der Waals surface area (Å²) in [4.78, 5) is 18.8. The molecule has 1 atom stereocenters. The topological polar surface area (TPSA) is 23.6 Å². The summed E-state index contributed by atoms with van der Waals surface area (Å²) in [5.41, 5.74) is 0. The van der Waals surface area contributed by atoms with E-state index in [1.807, 2.05) is 12.1 Å². The molecular weight excluding hydrogens is 340 g/mol. The first kappa shape index (κ1) is 17.7. The molecule has 0 N–H and O–H groups in total. The molecule has 0 spiro atoms. The van der Waals surface area contributed by atoms with E-state index in [2.05, 4.69) is 40.2 Å². The number of hydrogen-bond acceptors (Lipinski definition) is 3. The number of allylic oxidation sites excluding steroid dienone is 2. The molecule has 2 heterocycles. The van der Waals surface area contributed by atoms with Crippen molar-refractivity contribution in [2.45, 2.75) is 32.1 Å². The minimum Gasteiger partial charge on any atom is -0.336 e. The van der Waals surface area contributed by atoms with Crippen molar-refractivity contribution in [3.05, 3.63) is 47.4 Å². The van der Waals surface area contributed by atoms with Crippen molar-refractivity contribution in [1.82, 2.24) is 9.80 Å². The first-order valence-electron chi connectivity index (χ1n) is 9.95. The zero-order valence-corrected chi connectivity index (χ0v) is 16.2. The molecule has 0 unspecified atom stereocenters. The Labute approximate surface area is 160 Å². The van der Waals surface area contributed by atoms with E-state index in [-0.39, 0.29) is 5.91 Å². The van der Waals surface area contributed by atoms with E-state index in [1.54, 1.807) is 11.3 Å². The Morgan fingerprint density at radius 2 is 2.04 bits per heavy atom. The van der Waals surface area contributed by atoms with Gasteiger partial charge in [-0.05, 0) is 68.6 Å². The SMILES string of the molecule is O=C(c1cc2ccccc2s1)N(CCN1CCCC1)C[C@H]1CC=CCC1. The monoisotopic (exact) mass is 368 g/mol. The van der Waals surface area contributed by atoms with Gasteiger partial charge in [0, 0.05) is 24.3 Å². The lowest BCUT2D eigenvalue weighted by Gasteiger charge is -2.29. The summed E-state index contributed by atoms with van der Waals surface area (Å²) in [6, 6.07) is 10.4. The van der Waals surface area contributed by atoms with Gasteiger partial charge in [-0.1, -0.05) is 30.4 Å². The summed E-state index contributed by atoms with van der Waals surface area (Å²) in [5.74, 6) is 0.830. The lowest BCUT2D eigenvalue weighted by atomic mass is 9.94. The summed E-state index contributed by atoms with van der Waals surface area (Å²) in [6.45, 7) is 5.14. The number of hydrogen-bond donors (Lipinski definition) is 0. The molecule has 1 fully saturated rings. The fraction of sp³-hybridized carbons (Fsp3) is 0.500. The molecule has 0 bridgehead atoms. The second-order valence-electron chi connectivity index (χ2n) is 7.60. The average molecular weight is 369 g/mol. The van der Waals surface area contributed by atoms with E-state index in [0.717, 1.165) is 37.4 Å². The van der Waals surface area contributed by atoms with Crippen LogP contribution in [0, 0.1) is 5.92 Å². The molecule has 26 heavy (non-hydrogen) atoms. The lowest BCUT2D eigenvalue weighted by Crippen LogP contribution is -2.40. The molecule has 0 saturated carbocycles. The van der Waals surface area contributed by atoms with Crippen LogP contribution in [0.3, 0.4) is 0 Å². The van der Waals surface area contributed by atoms with Crippen LogP contribution in [0.1, 0.15) is 41.8 Å². The number of carbonyl (C=O) groups excluding carboxylic acids is 1.